The number of rotatable bonds is 11. The van der Waals surface area contributed by atoms with Crippen molar-refractivity contribution in [3.05, 3.63) is 107 Å². The van der Waals surface area contributed by atoms with Crippen LogP contribution in [0.2, 0.25) is 0 Å². The monoisotopic (exact) mass is 591 g/mol. The highest BCUT2D eigenvalue weighted by Crippen LogP contribution is 2.18. The molecule has 0 bridgehead atoms. The zero-order valence-corrected chi connectivity index (χ0v) is 23.7. The Bertz CT molecular complexity index is 1680. The summed E-state index contributed by atoms with van der Waals surface area (Å²) in [4.78, 5) is 37.0. The molecule has 0 atom stereocenters. The molecule has 2 aromatic heterocycles. The van der Waals surface area contributed by atoms with Gasteiger partial charge in [-0.15, -0.1) is 0 Å². The van der Waals surface area contributed by atoms with Crippen LogP contribution in [-0.4, -0.2) is 43.2 Å². The molecule has 4 aromatic rings. The number of hydrazone groups is 1. The van der Waals surface area contributed by atoms with E-state index in [1.807, 2.05) is 19.9 Å². The van der Waals surface area contributed by atoms with Gasteiger partial charge in [0.05, 0.1) is 37.0 Å². The first-order chi connectivity index (χ1) is 20.1. The number of carbonyl (C=O) groups excluding carboxylic acids is 3. The van der Waals surface area contributed by atoms with Crippen LogP contribution in [0.25, 0.3) is 0 Å². The molecule has 12 nitrogen and oxygen atoms in total. The highest BCUT2D eigenvalue weighted by atomic mass is 32.2. The molecule has 0 radical (unpaired) electrons. The van der Waals surface area contributed by atoms with Crippen molar-refractivity contribution < 1.29 is 31.6 Å². The van der Waals surface area contributed by atoms with Crippen LogP contribution in [0.5, 0.6) is 0 Å². The molecule has 0 aliphatic carbocycles. The number of nitrogens with one attached hydrogen (secondary N) is 3. The van der Waals surface area contributed by atoms with Crippen LogP contribution in [0.4, 0.5) is 5.69 Å². The minimum absolute atomic E-state index is 0.0331. The minimum atomic E-state index is -4.01. The zero-order valence-electron chi connectivity index (χ0n) is 22.9. The third-order valence-electron chi connectivity index (χ3n) is 6.07. The maximum atomic E-state index is 13.2. The molecule has 0 unspecified atom stereocenters. The fourth-order valence-corrected chi connectivity index (χ4v) is 5.10. The number of nitrogens with zero attached hydrogens (tertiary/aromatic N) is 2. The number of carbonyl (C=O) groups is 3. The Morgan fingerprint density at radius 2 is 1.69 bits per heavy atom. The lowest BCUT2D eigenvalue weighted by Crippen LogP contribution is -2.38. The topological polar surface area (TPSA) is 163 Å². The van der Waals surface area contributed by atoms with E-state index in [0.29, 0.717) is 17.2 Å². The summed E-state index contributed by atoms with van der Waals surface area (Å²) in [5.74, 6) is -1.38. The van der Waals surface area contributed by atoms with E-state index in [0.717, 1.165) is 15.4 Å². The summed E-state index contributed by atoms with van der Waals surface area (Å²) in [5, 5.41) is 8.84. The number of anilines is 1. The van der Waals surface area contributed by atoms with E-state index in [4.69, 9.17) is 8.83 Å². The van der Waals surface area contributed by atoms with Crippen LogP contribution in [-0.2, 0) is 37.5 Å². The molecule has 13 heteroatoms. The Labute approximate surface area is 242 Å². The van der Waals surface area contributed by atoms with Gasteiger partial charge in [0, 0.05) is 5.69 Å². The maximum Gasteiger partial charge on any atom is 0.313 e. The number of sulfonamides is 1. The second-order valence-corrected chi connectivity index (χ2v) is 11.1. The molecule has 3 N–H and O–H groups in total. The molecule has 42 heavy (non-hydrogen) atoms. The molecule has 3 amide bonds. The Hall–Kier alpha value is -5.01. The lowest BCUT2D eigenvalue weighted by atomic mass is 10.1. The van der Waals surface area contributed by atoms with Crippen molar-refractivity contribution in [2.75, 3.05) is 11.9 Å². The van der Waals surface area contributed by atoms with Crippen LogP contribution >= 0.6 is 0 Å². The van der Waals surface area contributed by atoms with Crippen LogP contribution < -0.4 is 16.1 Å². The second-order valence-electron chi connectivity index (χ2n) is 9.20. The molecule has 0 aliphatic heterocycles. The van der Waals surface area contributed by atoms with Gasteiger partial charge in [0.25, 0.3) is 5.91 Å². The van der Waals surface area contributed by atoms with E-state index >= 15 is 0 Å². The number of benzene rings is 2. The molecule has 2 aromatic carbocycles. The first kappa shape index (κ1) is 30.0. The molecule has 0 fully saturated rings. The van der Waals surface area contributed by atoms with Gasteiger partial charge in [-0.3, -0.25) is 14.4 Å². The summed E-state index contributed by atoms with van der Waals surface area (Å²) in [6.07, 6.45) is 2.63. The van der Waals surface area contributed by atoms with Crippen LogP contribution in [0.15, 0.2) is 97.9 Å². The fourth-order valence-electron chi connectivity index (χ4n) is 3.72. The van der Waals surface area contributed by atoms with E-state index in [1.165, 1.54) is 24.6 Å². The van der Waals surface area contributed by atoms with Gasteiger partial charge in [-0.2, -0.15) is 9.41 Å². The van der Waals surface area contributed by atoms with Gasteiger partial charge in [-0.25, -0.2) is 13.8 Å². The lowest BCUT2D eigenvalue weighted by Gasteiger charge is -2.20. The SMILES string of the molecule is Cc1ccc(NC(=O)C(=O)NCc2ccc(/C=N\NC(=O)CN(Cc3ccco3)S(=O)(=O)c3ccccc3)o2)cc1C. The van der Waals surface area contributed by atoms with Crippen molar-refractivity contribution in [1.82, 2.24) is 15.0 Å². The molecule has 4 rings (SSSR count). The third kappa shape index (κ3) is 8.02. The van der Waals surface area contributed by atoms with Crippen molar-refractivity contribution in [2.24, 2.45) is 5.10 Å². The predicted molar refractivity (Wildman–Crippen MR) is 154 cm³/mol. The number of hydrogen-bond donors (Lipinski definition) is 3. The normalized spacial score (nSPS) is 11.5. The molecule has 0 saturated heterocycles. The van der Waals surface area contributed by atoms with Gasteiger partial charge in [0.15, 0.2) is 0 Å². The van der Waals surface area contributed by atoms with Crippen LogP contribution in [0.1, 0.15) is 28.4 Å². The van der Waals surface area contributed by atoms with Gasteiger partial charge in [-0.1, -0.05) is 24.3 Å². The van der Waals surface area contributed by atoms with Gasteiger partial charge in [0.1, 0.15) is 17.3 Å². The smallest absolute Gasteiger partial charge is 0.313 e. The quantitative estimate of drug-likeness (QED) is 0.137. The molecular formula is C29H29N5O7S. The van der Waals surface area contributed by atoms with Gasteiger partial charge in [0.2, 0.25) is 10.0 Å². The van der Waals surface area contributed by atoms with Crippen molar-refractivity contribution in [3.63, 3.8) is 0 Å². The molecule has 2 heterocycles. The summed E-state index contributed by atoms with van der Waals surface area (Å²) >= 11 is 0. The van der Waals surface area contributed by atoms with E-state index in [9.17, 15) is 22.8 Å². The van der Waals surface area contributed by atoms with E-state index in [1.54, 1.807) is 54.6 Å². The van der Waals surface area contributed by atoms with Crippen molar-refractivity contribution in [2.45, 2.75) is 31.8 Å². The van der Waals surface area contributed by atoms with Crippen LogP contribution in [0.3, 0.4) is 0 Å². The number of amides is 3. The number of aryl methyl sites for hydroxylation is 2. The van der Waals surface area contributed by atoms with E-state index in [-0.39, 0.29) is 23.7 Å². The van der Waals surface area contributed by atoms with Crippen molar-refractivity contribution in [3.8, 4) is 0 Å². The minimum Gasteiger partial charge on any atom is -0.468 e. The Morgan fingerprint density at radius 3 is 2.40 bits per heavy atom. The molecular weight excluding hydrogens is 562 g/mol. The van der Waals surface area contributed by atoms with Gasteiger partial charge in [-0.05, 0) is 73.5 Å². The molecule has 0 saturated carbocycles. The standard InChI is InChI=1S/C29H29N5O7S/c1-20-10-11-22(15-21(20)2)32-29(37)28(36)30-16-23-12-13-24(41-23)17-31-33-27(35)19-34(18-25-7-6-14-40-25)42(38,39)26-8-4-3-5-9-26/h3-15,17H,16,18-19H2,1-2H3,(H,30,36)(H,32,37)(H,33,35)/b31-17-. The lowest BCUT2D eigenvalue weighted by molar-refractivity contribution is -0.136. The second kappa shape index (κ2) is 13.6. The third-order valence-corrected chi connectivity index (χ3v) is 7.88. The molecule has 0 spiro atoms. The Balaban J connectivity index is 1.29. The first-order valence-corrected chi connectivity index (χ1v) is 14.2. The Kier molecular flexibility index (Phi) is 9.68. The summed E-state index contributed by atoms with van der Waals surface area (Å²) in [7, 11) is -4.01. The average molecular weight is 592 g/mol. The zero-order chi connectivity index (χ0) is 30.1. The summed E-state index contributed by atoms with van der Waals surface area (Å²) in [6.45, 7) is 3.12. The number of hydrogen-bond acceptors (Lipinski definition) is 8. The average Bonchev–Trinajstić information content (AvgIpc) is 3.66. The highest BCUT2D eigenvalue weighted by Gasteiger charge is 2.27. The van der Waals surface area contributed by atoms with Gasteiger partial charge < -0.3 is 19.5 Å². The van der Waals surface area contributed by atoms with E-state index in [2.05, 4.69) is 21.2 Å². The van der Waals surface area contributed by atoms with Crippen molar-refractivity contribution in [1.29, 1.82) is 0 Å². The highest BCUT2D eigenvalue weighted by molar-refractivity contribution is 7.89. The number of furan rings is 2. The van der Waals surface area contributed by atoms with Crippen LogP contribution in [0, 0.1) is 13.8 Å². The largest absolute Gasteiger partial charge is 0.468 e. The summed E-state index contributed by atoms with van der Waals surface area (Å²) < 4.78 is 38.1. The first-order valence-electron chi connectivity index (χ1n) is 12.8. The Morgan fingerprint density at radius 1 is 0.905 bits per heavy atom. The predicted octanol–water partition coefficient (Wildman–Crippen LogP) is 3.09. The summed E-state index contributed by atoms with van der Waals surface area (Å²) in [5.41, 5.74) is 4.84. The van der Waals surface area contributed by atoms with Gasteiger partial charge >= 0.3 is 11.8 Å². The molecule has 218 valence electrons. The van der Waals surface area contributed by atoms with E-state index < -0.39 is 34.3 Å². The molecule has 0 aliphatic rings. The summed E-state index contributed by atoms with van der Waals surface area (Å²) in [6, 6.07) is 19.4. The fraction of sp³-hybridized carbons (Fsp3) is 0.172. The van der Waals surface area contributed by atoms with Crippen molar-refractivity contribution >= 4 is 39.6 Å². The maximum absolute atomic E-state index is 13.2.